The second kappa shape index (κ2) is 6.96. The SMILES string of the molecule is PSC1CCCN1COCc1ccc(Cl)cc1. The van der Waals surface area contributed by atoms with Gasteiger partial charge in [0.1, 0.15) is 6.73 Å². The van der Waals surface area contributed by atoms with Gasteiger partial charge in [-0.3, -0.25) is 4.90 Å². The molecule has 0 aliphatic carbocycles. The van der Waals surface area contributed by atoms with Crippen molar-refractivity contribution in [3.63, 3.8) is 0 Å². The molecule has 2 rings (SSSR count). The summed E-state index contributed by atoms with van der Waals surface area (Å²) in [6, 6.07) is 7.82. The number of nitrogens with zero attached hydrogens (tertiary/aromatic N) is 1. The average Bonchev–Trinajstić information content (AvgIpc) is 2.79. The Balaban J connectivity index is 1.74. The van der Waals surface area contributed by atoms with Crippen molar-refractivity contribution in [3.8, 4) is 0 Å². The number of rotatable bonds is 5. The lowest BCUT2D eigenvalue weighted by Crippen LogP contribution is -2.28. The highest BCUT2D eigenvalue weighted by molar-refractivity contribution is 8.44. The molecule has 1 aromatic carbocycles. The van der Waals surface area contributed by atoms with E-state index in [1.165, 1.54) is 18.4 Å². The van der Waals surface area contributed by atoms with Crippen LogP contribution in [0.5, 0.6) is 0 Å². The Bertz CT molecular complexity index is 349. The molecule has 2 atom stereocenters. The zero-order valence-electron chi connectivity index (χ0n) is 9.64. The monoisotopic (exact) mass is 289 g/mol. The number of halogens is 1. The summed E-state index contributed by atoms with van der Waals surface area (Å²) in [5, 5.41) is 1.37. The van der Waals surface area contributed by atoms with E-state index >= 15 is 0 Å². The lowest BCUT2D eigenvalue weighted by Gasteiger charge is -2.22. The fraction of sp³-hybridized carbons (Fsp3) is 0.500. The normalized spacial score (nSPS) is 20.9. The van der Waals surface area contributed by atoms with Gasteiger partial charge >= 0.3 is 0 Å². The number of hydrogen-bond donors (Lipinski definition) is 0. The van der Waals surface area contributed by atoms with Crippen LogP contribution in [0.1, 0.15) is 18.4 Å². The van der Waals surface area contributed by atoms with Crippen molar-refractivity contribution in [1.82, 2.24) is 4.90 Å². The van der Waals surface area contributed by atoms with Crippen LogP contribution in [-0.2, 0) is 11.3 Å². The summed E-state index contributed by atoms with van der Waals surface area (Å²) >= 11 is 7.67. The maximum absolute atomic E-state index is 5.83. The van der Waals surface area contributed by atoms with E-state index in [0.717, 1.165) is 11.6 Å². The molecule has 2 unspecified atom stereocenters. The van der Waals surface area contributed by atoms with Gasteiger partial charge in [0.25, 0.3) is 0 Å². The third-order valence-electron chi connectivity index (χ3n) is 2.90. The average molecular weight is 290 g/mol. The van der Waals surface area contributed by atoms with E-state index in [4.69, 9.17) is 16.3 Å². The van der Waals surface area contributed by atoms with Crippen LogP contribution in [-0.4, -0.2) is 23.5 Å². The smallest absolute Gasteiger partial charge is 0.100 e. The van der Waals surface area contributed by atoms with Crippen molar-refractivity contribution in [2.75, 3.05) is 13.3 Å². The Morgan fingerprint density at radius 2 is 2.18 bits per heavy atom. The van der Waals surface area contributed by atoms with Crippen LogP contribution < -0.4 is 0 Å². The van der Waals surface area contributed by atoms with Crippen LogP contribution in [0.2, 0.25) is 5.02 Å². The molecule has 0 amide bonds. The maximum atomic E-state index is 5.83. The van der Waals surface area contributed by atoms with Gasteiger partial charge in [0, 0.05) is 11.6 Å². The van der Waals surface area contributed by atoms with Crippen molar-refractivity contribution in [2.45, 2.75) is 24.8 Å². The minimum atomic E-state index is 0.602. The van der Waals surface area contributed by atoms with Crippen molar-refractivity contribution < 1.29 is 4.74 Å². The van der Waals surface area contributed by atoms with Crippen molar-refractivity contribution >= 4 is 31.4 Å². The molecule has 2 nitrogen and oxygen atoms in total. The first kappa shape index (κ1) is 13.6. The van der Waals surface area contributed by atoms with Crippen molar-refractivity contribution in [1.29, 1.82) is 0 Å². The Morgan fingerprint density at radius 3 is 2.88 bits per heavy atom. The minimum absolute atomic E-state index is 0.602. The van der Waals surface area contributed by atoms with E-state index in [1.54, 1.807) is 0 Å². The molecule has 0 radical (unpaired) electrons. The summed E-state index contributed by atoms with van der Waals surface area (Å²) in [7, 11) is 2.75. The molecule has 1 aliphatic heterocycles. The number of ether oxygens (including phenoxy) is 1. The predicted molar refractivity (Wildman–Crippen MR) is 78.1 cm³/mol. The molecule has 17 heavy (non-hydrogen) atoms. The van der Waals surface area contributed by atoms with E-state index in [0.29, 0.717) is 18.7 Å². The molecule has 0 aromatic heterocycles. The van der Waals surface area contributed by atoms with Gasteiger partial charge in [-0.25, -0.2) is 0 Å². The molecular formula is C12H17ClNOPS. The lowest BCUT2D eigenvalue weighted by molar-refractivity contribution is 0.0263. The first-order chi connectivity index (χ1) is 8.29. The Kier molecular flexibility index (Phi) is 5.58. The fourth-order valence-electron chi connectivity index (χ4n) is 1.96. The summed E-state index contributed by atoms with van der Waals surface area (Å²) in [6.45, 7) is 2.52. The van der Waals surface area contributed by atoms with Gasteiger partial charge in [-0.2, -0.15) is 0 Å². The van der Waals surface area contributed by atoms with Crippen LogP contribution in [0.4, 0.5) is 0 Å². The molecule has 1 fully saturated rings. The van der Waals surface area contributed by atoms with Crippen LogP contribution in [0, 0.1) is 0 Å². The third-order valence-corrected chi connectivity index (χ3v) is 4.94. The second-order valence-corrected chi connectivity index (χ2v) is 6.22. The molecule has 0 saturated carbocycles. The Hall–Kier alpha value is 0.210. The fourth-order valence-corrected chi connectivity index (χ4v) is 3.65. The van der Waals surface area contributed by atoms with Crippen LogP contribution >= 0.6 is 31.4 Å². The van der Waals surface area contributed by atoms with E-state index in [2.05, 4.69) is 13.3 Å². The van der Waals surface area contributed by atoms with Crippen LogP contribution in [0.15, 0.2) is 24.3 Å². The highest BCUT2D eigenvalue weighted by atomic mass is 35.5. The number of likely N-dealkylation sites (tertiary alicyclic amines) is 1. The summed E-state index contributed by atoms with van der Waals surface area (Å²) < 4.78 is 5.74. The molecule has 1 heterocycles. The van der Waals surface area contributed by atoms with Crippen molar-refractivity contribution in [2.24, 2.45) is 0 Å². The predicted octanol–water partition coefficient (Wildman–Crippen LogP) is 3.76. The molecule has 0 bridgehead atoms. The number of benzene rings is 1. The Morgan fingerprint density at radius 1 is 1.41 bits per heavy atom. The van der Waals surface area contributed by atoms with Gasteiger partial charge in [-0.1, -0.05) is 32.2 Å². The quantitative estimate of drug-likeness (QED) is 0.766. The number of hydrogen-bond acceptors (Lipinski definition) is 3. The van der Waals surface area contributed by atoms with E-state index in [1.807, 2.05) is 35.6 Å². The molecule has 0 spiro atoms. The highest BCUT2D eigenvalue weighted by Crippen LogP contribution is 2.31. The summed E-state index contributed by atoms with van der Waals surface area (Å²) in [6.07, 6.45) is 2.54. The molecule has 1 aliphatic rings. The standard InChI is InChI=1S/C12H17ClNOPS/c13-11-5-3-10(4-6-11)8-15-9-14-7-1-2-12(14)17-16/h3-6,12H,1-2,7-9,16H2. The van der Waals surface area contributed by atoms with Gasteiger partial charge < -0.3 is 4.74 Å². The second-order valence-electron chi connectivity index (χ2n) is 4.15. The summed E-state index contributed by atoms with van der Waals surface area (Å²) in [5.74, 6) is 0. The topological polar surface area (TPSA) is 12.5 Å². The highest BCUT2D eigenvalue weighted by Gasteiger charge is 2.23. The zero-order valence-corrected chi connectivity index (χ0v) is 12.4. The van der Waals surface area contributed by atoms with Crippen LogP contribution in [0.25, 0.3) is 0 Å². The first-order valence-corrected chi connectivity index (χ1v) is 8.45. The molecule has 94 valence electrons. The van der Waals surface area contributed by atoms with Gasteiger partial charge in [-0.15, -0.1) is 11.4 Å². The lowest BCUT2D eigenvalue weighted by atomic mass is 10.2. The Labute approximate surface area is 114 Å². The van der Waals surface area contributed by atoms with E-state index in [-0.39, 0.29) is 0 Å². The maximum Gasteiger partial charge on any atom is 0.100 e. The molecule has 1 aromatic rings. The van der Waals surface area contributed by atoms with Gasteiger partial charge in [0.05, 0.1) is 12.0 Å². The largest absolute Gasteiger partial charge is 0.361 e. The first-order valence-electron chi connectivity index (χ1n) is 5.71. The molecule has 5 heteroatoms. The summed E-state index contributed by atoms with van der Waals surface area (Å²) in [5.41, 5.74) is 1.17. The van der Waals surface area contributed by atoms with Crippen LogP contribution in [0.3, 0.4) is 0 Å². The van der Waals surface area contributed by atoms with Gasteiger partial charge in [0.15, 0.2) is 0 Å². The van der Waals surface area contributed by atoms with Gasteiger partial charge in [0.2, 0.25) is 0 Å². The molecule has 0 N–H and O–H groups in total. The zero-order chi connectivity index (χ0) is 12.1. The van der Waals surface area contributed by atoms with E-state index < -0.39 is 0 Å². The minimum Gasteiger partial charge on any atom is -0.361 e. The van der Waals surface area contributed by atoms with Crippen molar-refractivity contribution in [3.05, 3.63) is 34.9 Å². The third kappa shape index (κ3) is 4.11. The summed E-state index contributed by atoms with van der Waals surface area (Å²) in [4.78, 5) is 2.38. The molecular weight excluding hydrogens is 273 g/mol. The van der Waals surface area contributed by atoms with Gasteiger partial charge in [-0.05, 0) is 30.5 Å². The molecule has 1 saturated heterocycles. The van der Waals surface area contributed by atoms with E-state index in [9.17, 15) is 0 Å².